The molecule has 15 heteroatoms. The number of fused-ring (bicyclic) bond motifs is 2. The molecule has 0 fully saturated rings. The minimum Gasteiger partial charge on any atom is -0.507 e. The minimum atomic E-state index is -1.03. The van der Waals surface area contributed by atoms with Gasteiger partial charge < -0.3 is 40.1 Å². The average molecular weight is 940 g/mol. The molecule has 7 rings (SSSR count). The number of aliphatic carboxylic acids is 4. The van der Waals surface area contributed by atoms with Crippen molar-refractivity contribution in [3.63, 3.8) is 0 Å². The van der Waals surface area contributed by atoms with E-state index in [-0.39, 0.29) is 24.2 Å². The first-order valence-electron chi connectivity index (χ1n) is 20.2. The Morgan fingerprint density at radius 1 is 0.682 bits per heavy atom. The van der Waals surface area contributed by atoms with Crippen LogP contribution in [0.5, 0.6) is 17.2 Å². The van der Waals surface area contributed by atoms with Gasteiger partial charge in [-0.1, -0.05) is 120 Å². The molecule has 0 radical (unpaired) electrons. The summed E-state index contributed by atoms with van der Waals surface area (Å²) in [5, 5.41) is 54.8. The highest BCUT2D eigenvalue weighted by atomic mass is 35.5. The number of halogens is 2. The van der Waals surface area contributed by atoms with Crippen molar-refractivity contribution in [3.05, 3.63) is 183 Å². The van der Waals surface area contributed by atoms with E-state index in [1.54, 1.807) is 48.5 Å². The van der Waals surface area contributed by atoms with Gasteiger partial charge in [-0.3, -0.25) is 9.59 Å². The number of benzene rings is 6. The normalized spacial score (nSPS) is 10.9. The fraction of sp³-hybridized carbons (Fsp3) is 0.157. The summed E-state index contributed by atoms with van der Waals surface area (Å²) in [5.41, 5.74) is 5.03. The van der Waals surface area contributed by atoms with Gasteiger partial charge in [0.05, 0.1) is 29.7 Å². The molecule has 0 saturated carbocycles. The van der Waals surface area contributed by atoms with Crippen LogP contribution in [0.3, 0.4) is 0 Å². The first-order valence-corrected chi connectivity index (χ1v) is 20.9. The van der Waals surface area contributed by atoms with E-state index in [1.807, 2.05) is 92.7 Å². The van der Waals surface area contributed by atoms with Crippen LogP contribution in [0.1, 0.15) is 59.3 Å². The van der Waals surface area contributed by atoms with Crippen molar-refractivity contribution >= 4 is 75.5 Å². The maximum absolute atomic E-state index is 11.2. The number of para-hydroxylation sites is 2. The largest absolute Gasteiger partial charge is 0.507 e. The van der Waals surface area contributed by atoms with Gasteiger partial charge in [0.2, 0.25) is 0 Å². The van der Waals surface area contributed by atoms with Gasteiger partial charge in [0.25, 0.3) is 0 Å². The highest BCUT2D eigenvalue weighted by Gasteiger charge is 2.22. The van der Waals surface area contributed by atoms with Gasteiger partial charge in [0, 0.05) is 30.1 Å². The Hall–Kier alpha value is -7.61. The van der Waals surface area contributed by atoms with Crippen molar-refractivity contribution in [1.29, 1.82) is 0 Å². The summed E-state index contributed by atoms with van der Waals surface area (Å²) in [6.45, 7) is 4.62. The van der Waals surface area contributed by atoms with Crippen LogP contribution in [0, 0.1) is 0 Å². The van der Waals surface area contributed by atoms with Crippen molar-refractivity contribution in [3.8, 4) is 17.2 Å². The molecule has 0 aliphatic heterocycles. The molecule has 0 spiro atoms. The molecule has 0 saturated heterocycles. The predicted octanol–water partition coefficient (Wildman–Crippen LogP) is 11.1. The van der Waals surface area contributed by atoms with Gasteiger partial charge in [0.15, 0.2) is 0 Å². The molecule has 0 amide bonds. The molecule has 6 aromatic carbocycles. The zero-order valence-corrected chi connectivity index (χ0v) is 37.4. The lowest BCUT2D eigenvalue weighted by Crippen LogP contribution is -2.03. The standard InChI is InChI=1S/C13H12O3.C11H10O2.C10H12O3.C9H8O3.C8H6Cl2O2/c1-2-16-11-8-7-9-5-3-4-6-10(9)12(11)13(14)15;1-7-9-5-3-2-4-8(9)6-10(7)11(12)13;11-10(12)7-4-8-13-9-5-2-1-3-6-9;10-8-4-2-1-3-7(8)5-6-9(11)12;9-6-2-1-5(3-7(6)10)4-8(11)12/h3-8H,2H2,1H3,(H,14,15);2-5H,6H2,1H3,(H,12,13);1-3,5-6H,4,7-8H2,(H,11,12);1-6,10H,(H,11,12);1-3H,4H2,(H,11,12). The molecular weight excluding hydrogens is 891 g/mol. The smallest absolute Gasteiger partial charge is 0.340 e. The van der Waals surface area contributed by atoms with Crippen molar-refractivity contribution in [1.82, 2.24) is 0 Å². The monoisotopic (exact) mass is 938 g/mol. The lowest BCUT2D eigenvalue weighted by atomic mass is 10.0. The Balaban J connectivity index is 0.000000220. The van der Waals surface area contributed by atoms with Crippen molar-refractivity contribution in [2.75, 3.05) is 13.2 Å². The van der Waals surface area contributed by atoms with E-state index in [0.29, 0.717) is 63.9 Å². The number of rotatable bonds is 13. The Morgan fingerprint density at radius 2 is 1.33 bits per heavy atom. The van der Waals surface area contributed by atoms with E-state index in [0.717, 1.165) is 33.9 Å². The van der Waals surface area contributed by atoms with E-state index in [9.17, 15) is 34.2 Å². The summed E-state index contributed by atoms with van der Waals surface area (Å²) in [4.78, 5) is 52.6. The summed E-state index contributed by atoms with van der Waals surface area (Å²) >= 11 is 11.3. The minimum absolute atomic E-state index is 0.0309. The van der Waals surface area contributed by atoms with E-state index in [1.165, 1.54) is 12.1 Å². The third kappa shape index (κ3) is 17.9. The van der Waals surface area contributed by atoms with Crippen molar-refractivity contribution in [2.45, 2.75) is 39.5 Å². The van der Waals surface area contributed by atoms with Gasteiger partial charge in [-0.05, 0) is 95.8 Å². The lowest BCUT2D eigenvalue weighted by molar-refractivity contribution is -0.137. The Labute approximate surface area is 391 Å². The highest BCUT2D eigenvalue weighted by Crippen LogP contribution is 2.32. The molecule has 0 bridgehead atoms. The molecule has 0 heterocycles. The number of ether oxygens (including phenoxy) is 2. The maximum Gasteiger partial charge on any atom is 0.340 e. The molecule has 6 N–H and O–H groups in total. The molecule has 0 unspecified atom stereocenters. The number of carboxylic acids is 5. The van der Waals surface area contributed by atoms with Gasteiger partial charge >= 0.3 is 29.8 Å². The van der Waals surface area contributed by atoms with E-state index < -0.39 is 29.8 Å². The number of phenolic OH excluding ortho intramolecular Hbond substituents is 1. The van der Waals surface area contributed by atoms with E-state index >= 15 is 0 Å². The summed E-state index contributed by atoms with van der Waals surface area (Å²) in [7, 11) is 0. The Bertz CT molecular complexity index is 2660. The number of hydrogen-bond donors (Lipinski definition) is 6. The second-order valence-electron chi connectivity index (χ2n) is 13.8. The molecular formula is C51H48Cl2O13. The van der Waals surface area contributed by atoms with Gasteiger partial charge in [0.1, 0.15) is 22.8 Å². The molecule has 13 nitrogen and oxygen atoms in total. The number of aromatic hydroxyl groups is 1. The fourth-order valence-electron chi connectivity index (χ4n) is 6.05. The topological polar surface area (TPSA) is 225 Å². The first-order chi connectivity index (χ1) is 31.5. The van der Waals surface area contributed by atoms with Crippen LogP contribution in [0.15, 0.2) is 145 Å². The number of carbonyl (C=O) groups is 5. The van der Waals surface area contributed by atoms with Crippen molar-refractivity contribution in [2.24, 2.45) is 0 Å². The Morgan fingerprint density at radius 3 is 1.94 bits per heavy atom. The van der Waals surface area contributed by atoms with Crippen LogP contribution in [0.2, 0.25) is 10.0 Å². The van der Waals surface area contributed by atoms with Crippen LogP contribution >= 0.6 is 23.2 Å². The number of phenols is 1. The average Bonchev–Trinajstić information content (AvgIpc) is 3.63. The maximum atomic E-state index is 11.2. The lowest BCUT2D eigenvalue weighted by Gasteiger charge is -2.09. The second-order valence-corrected chi connectivity index (χ2v) is 14.7. The van der Waals surface area contributed by atoms with Crippen LogP contribution < -0.4 is 9.47 Å². The SMILES string of the molecule is CC1=C(C(=O)O)Cc2ccccc21.CCOc1ccc2ccccc2c1C(=O)O.O=C(O)C=Cc1ccccc1O.O=C(O)CCCOc1ccccc1.O=C(O)Cc1ccc(Cl)c(Cl)c1. The van der Waals surface area contributed by atoms with Crippen LogP contribution in [-0.4, -0.2) is 73.7 Å². The summed E-state index contributed by atoms with van der Waals surface area (Å²) in [6.07, 6.45) is 3.57. The molecule has 1 aliphatic rings. The molecule has 0 aromatic heterocycles. The zero-order chi connectivity index (χ0) is 48.6. The van der Waals surface area contributed by atoms with Gasteiger partial charge in [-0.2, -0.15) is 0 Å². The fourth-order valence-corrected chi connectivity index (χ4v) is 6.37. The second kappa shape index (κ2) is 27.5. The summed E-state index contributed by atoms with van der Waals surface area (Å²) < 4.78 is 10.6. The molecule has 1 aliphatic carbocycles. The highest BCUT2D eigenvalue weighted by molar-refractivity contribution is 6.42. The van der Waals surface area contributed by atoms with E-state index in [4.69, 9.17) is 53.1 Å². The third-order valence-corrected chi connectivity index (χ3v) is 9.87. The van der Waals surface area contributed by atoms with Gasteiger partial charge in [-0.15, -0.1) is 0 Å². The van der Waals surface area contributed by atoms with Crippen LogP contribution in [0.25, 0.3) is 22.4 Å². The molecule has 0 atom stereocenters. The summed E-state index contributed by atoms with van der Waals surface area (Å²) in [6, 6.07) is 39.5. The molecule has 6 aromatic rings. The van der Waals surface area contributed by atoms with Crippen molar-refractivity contribution < 1.29 is 64.1 Å². The number of carboxylic acid groups (broad SMARTS) is 5. The quantitative estimate of drug-likeness (QED) is 0.0469. The van der Waals surface area contributed by atoms with Crippen LogP contribution in [0.4, 0.5) is 0 Å². The third-order valence-electron chi connectivity index (χ3n) is 9.13. The Kier molecular flexibility index (Phi) is 22.0. The zero-order valence-electron chi connectivity index (χ0n) is 35.9. The van der Waals surface area contributed by atoms with E-state index in [2.05, 4.69) is 0 Å². The number of allylic oxidation sites excluding steroid dienone is 1. The number of aromatic carboxylic acids is 1. The molecule has 66 heavy (non-hydrogen) atoms. The summed E-state index contributed by atoms with van der Waals surface area (Å²) in [5.74, 6) is -3.16. The van der Waals surface area contributed by atoms with Gasteiger partial charge in [-0.25, -0.2) is 14.4 Å². The first kappa shape index (κ1) is 52.7. The molecule has 344 valence electrons. The number of hydrogen-bond acceptors (Lipinski definition) is 8. The predicted molar refractivity (Wildman–Crippen MR) is 254 cm³/mol. The van der Waals surface area contributed by atoms with Crippen LogP contribution in [-0.2, 0) is 32.0 Å².